The number of rotatable bonds is 6. The van der Waals surface area contributed by atoms with Crippen molar-refractivity contribution in [2.24, 2.45) is 0 Å². The van der Waals surface area contributed by atoms with E-state index in [1.165, 1.54) is 0 Å². The van der Waals surface area contributed by atoms with Gasteiger partial charge in [-0.15, -0.1) is 0 Å². The van der Waals surface area contributed by atoms with Crippen LogP contribution in [0.1, 0.15) is 40.5 Å². The molecule has 1 unspecified atom stereocenters. The average molecular weight is 396 g/mol. The van der Waals surface area contributed by atoms with Gasteiger partial charge < -0.3 is 19.9 Å². The minimum absolute atomic E-state index is 0.123. The van der Waals surface area contributed by atoms with Crippen LogP contribution in [0.25, 0.3) is 5.76 Å². The lowest BCUT2D eigenvalue weighted by atomic mass is 9.95. The van der Waals surface area contributed by atoms with Crippen LogP contribution < -0.4 is 0 Å². The molecule has 0 saturated carbocycles. The Balaban J connectivity index is 2.13. The number of H-pyrrole nitrogens is 1. The third-order valence-electron chi connectivity index (χ3n) is 5.47. The van der Waals surface area contributed by atoms with Gasteiger partial charge in [0.2, 0.25) is 0 Å². The fourth-order valence-corrected chi connectivity index (χ4v) is 3.95. The molecule has 2 aromatic heterocycles. The summed E-state index contributed by atoms with van der Waals surface area (Å²) in [6, 6.07) is 2.95. The van der Waals surface area contributed by atoms with Crippen molar-refractivity contribution in [3.63, 3.8) is 0 Å². The zero-order chi connectivity index (χ0) is 21.3. The van der Waals surface area contributed by atoms with E-state index in [4.69, 9.17) is 0 Å². The van der Waals surface area contributed by atoms with Gasteiger partial charge in [0.05, 0.1) is 11.6 Å². The normalized spacial score (nSPS) is 18.8. The first-order valence-electron chi connectivity index (χ1n) is 9.73. The van der Waals surface area contributed by atoms with Crippen molar-refractivity contribution in [3.05, 3.63) is 58.2 Å². The van der Waals surface area contributed by atoms with E-state index in [1.54, 1.807) is 23.4 Å². The number of nitrogens with one attached hydrogen (secondary N) is 1. The Morgan fingerprint density at radius 1 is 1.24 bits per heavy atom. The minimum Gasteiger partial charge on any atom is -0.507 e. The van der Waals surface area contributed by atoms with E-state index in [9.17, 15) is 14.7 Å². The highest BCUT2D eigenvalue weighted by Crippen LogP contribution is 2.40. The number of carbonyl (C=O) groups is 2. The van der Waals surface area contributed by atoms with Crippen LogP contribution in [0.5, 0.6) is 0 Å². The number of amides is 1. The Labute approximate surface area is 171 Å². The number of aromatic nitrogens is 2. The summed E-state index contributed by atoms with van der Waals surface area (Å²) in [5.41, 5.74) is 3.97. The van der Waals surface area contributed by atoms with Crippen molar-refractivity contribution in [1.29, 1.82) is 0 Å². The van der Waals surface area contributed by atoms with Gasteiger partial charge in [0.1, 0.15) is 5.76 Å². The molecule has 1 amide bonds. The highest BCUT2D eigenvalue weighted by Gasteiger charge is 2.46. The Morgan fingerprint density at radius 3 is 2.52 bits per heavy atom. The van der Waals surface area contributed by atoms with E-state index >= 15 is 0 Å². The number of Topliss-reactive ketones (excluding diaryl/α,β-unsaturated/α-hetero) is 1. The predicted molar refractivity (Wildman–Crippen MR) is 111 cm³/mol. The zero-order valence-electron chi connectivity index (χ0n) is 17.6. The number of ketones is 1. The number of aromatic amines is 1. The quantitative estimate of drug-likeness (QED) is 0.445. The van der Waals surface area contributed by atoms with Crippen molar-refractivity contribution in [1.82, 2.24) is 19.8 Å². The molecule has 29 heavy (non-hydrogen) atoms. The van der Waals surface area contributed by atoms with Crippen LogP contribution in [-0.4, -0.2) is 63.7 Å². The topological polar surface area (TPSA) is 89.5 Å². The molecule has 0 aromatic carbocycles. The van der Waals surface area contributed by atoms with Gasteiger partial charge in [-0.1, -0.05) is 6.07 Å². The summed E-state index contributed by atoms with van der Waals surface area (Å²) in [7, 11) is 3.93. The van der Waals surface area contributed by atoms with Crippen molar-refractivity contribution in [2.75, 3.05) is 27.2 Å². The number of hydrogen-bond donors (Lipinski definition) is 2. The van der Waals surface area contributed by atoms with Gasteiger partial charge >= 0.3 is 0 Å². The number of pyridine rings is 1. The third-order valence-corrected chi connectivity index (χ3v) is 5.47. The average Bonchev–Trinajstić information content (AvgIpc) is 3.08. The van der Waals surface area contributed by atoms with E-state index in [-0.39, 0.29) is 11.3 Å². The maximum atomic E-state index is 13.0. The lowest BCUT2D eigenvalue weighted by molar-refractivity contribution is -0.139. The Kier molecular flexibility index (Phi) is 5.88. The maximum Gasteiger partial charge on any atom is 0.295 e. The molecule has 7 heteroatoms. The number of nitrogens with zero attached hydrogens (tertiary/aromatic N) is 3. The van der Waals surface area contributed by atoms with Gasteiger partial charge in [0.25, 0.3) is 11.7 Å². The molecule has 3 rings (SSSR count). The molecule has 0 spiro atoms. The van der Waals surface area contributed by atoms with Gasteiger partial charge in [-0.2, -0.15) is 0 Å². The Bertz CT molecular complexity index is 960. The van der Waals surface area contributed by atoms with Crippen LogP contribution >= 0.6 is 0 Å². The lowest BCUT2D eigenvalue weighted by Gasteiger charge is -2.25. The smallest absolute Gasteiger partial charge is 0.295 e. The van der Waals surface area contributed by atoms with Crippen LogP contribution in [0.3, 0.4) is 0 Å². The van der Waals surface area contributed by atoms with Crippen molar-refractivity contribution in [3.8, 4) is 0 Å². The third kappa shape index (κ3) is 3.82. The minimum atomic E-state index is -0.654. The first kappa shape index (κ1) is 20.8. The molecule has 154 valence electrons. The highest BCUT2D eigenvalue weighted by molar-refractivity contribution is 6.46. The van der Waals surface area contributed by atoms with Crippen LogP contribution in [0.4, 0.5) is 0 Å². The molecule has 7 nitrogen and oxygen atoms in total. The summed E-state index contributed by atoms with van der Waals surface area (Å²) in [6.07, 6.45) is 4.01. The molecule has 2 aromatic rings. The van der Waals surface area contributed by atoms with E-state index in [0.717, 1.165) is 29.9 Å². The van der Waals surface area contributed by atoms with Crippen LogP contribution in [0.2, 0.25) is 0 Å². The SMILES string of the molecule is Cc1[nH]c(C)c(/C(O)=C2\C(=O)C(=O)N(CCCN(C)C)C2c2cccnc2)c1C. The molecule has 0 radical (unpaired) electrons. The maximum absolute atomic E-state index is 13.0. The molecule has 1 fully saturated rings. The van der Waals surface area contributed by atoms with E-state index in [1.807, 2.05) is 45.8 Å². The van der Waals surface area contributed by atoms with Crippen molar-refractivity contribution < 1.29 is 14.7 Å². The van der Waals surface area contributed by atoms with Gasteiger partial charge in [0, 0.05) is 35.9 Å². The molecule has 0 aliphatic carbocycles. The van der Waals surface area contributed by atoms with Crippen molar-refractivity contribution in [2.45, 2.75) is 33.2 Å². The Hall–Kier alpha value is -2.93. The van der Waals surface area contributed by atoms with E-state index < -0.39 is 17.7 Å². The first-order chi connectivity index (χ1) is 13.7. The molecule has 2 N–H and O–H groups in total. The molecule has 1 saturated heterocycles. The summed E-state index contributed by atoms with van der Waals surface area (Å²) in [6.45, 7) is 6.86. The molecule has 1 aliphatic heterocycles. The largest absolute Gasteiger partial charge is 0.507 e. The van der Waals surface area contributed by atoms with Gasteiger partial charge in [-0.3, -0.25) is 14.6 Å². The number of hydrogen-bond acceptors (Lipinski definition) is 5. The number of aryl methyl sites for hydroxylation is 2. The fraction of sp³-hybridized carbons (Fsp3) is 0.409. The second-order valence-electron chi connectivity index (χ2n) is 7.81. The molecule has 1 aliphatic rings. The van der Waals surface area contributed by atoms with Crippen LogP contribution in [-0.2, 0) is 9.59 Å². The summed E-state index contributed by atoms with van der Waals surface area (Å²) in [5, 5.41) is 11.2. The van der Waals surface area contributed by atoms with Crippen molar-refractivity contribution >= 4 is 17.4 Å². The fourth-order valence-electron chi connectivity index (χ4n) is 3.95. The molecule has 1 atom stereocenters. The highest BCUT2D eigenvalue weighted by atomic mass is 16.3. The number of aliphatic hydroxyl groups excluding tert-OH is 1. The molecule has 3 heterocycles. The number of carbonyl (C=O) groups excluding carboxylic acids is 2. The Morgan fingerprint density at radius 2 is 1.97 bits per heavy atom. The molecule has 0 bridgehead atoms. The standard InChI is InChI=1S/C22H28N4O3/c1-13-14(2)24-15(3)17(13)20(27)18-19(16-8-6-9-23-12-16)26(22(29)21(18)28)11-7-10-25(4)5/h6,8-9,12,19,24,27H,7,10-11H2,1-5H3/b20-18+. The lowest BCUT2D eigenvalue weighted by Crippen LogP contribution is -2.32. The number of likely N-dealkylation sites (tertiary alicyclic amines) is 1. The van der Waals surface area contributed by atoms with E-state index in [2.05, 4.69) is 9.97 Å². The second kappa shape index (κ2) is 8.21. The summed E-state index contributed by atoms with van der Waals surface area (Å²) >= 11 is 0. The zero-order valence-corrected chi connectivity index (χ0v) is 17.6. The monoisotopic (exact) mass is 396 g/mol. The van der Waals surface area contributed by atoms with Gasteiger partial charge in [-0.05, 0) is 65.0 Å². The van der Waals surface area contributed by atoms with Crippen LogP contribution in [0, 0.1) is 20.8 Å². The number of aliphatic hydroxyl groups is 1. The first-order valence-corrected chi connectivity index (χ1v) is 9.73. The predicted octanol–water partition coefficient (Wildman–Crippen LogP) is 2.71. The second-order valence-corrected chi connectivity index (χ2v) is 7.81. The van der Waals surface area contributed by atoms with Gasteiger partial charge in [0.15, 0.2) is 0 Å². The molecular formula is C22H28N4O3. The van der Waals surface area contributed by atoms with Crippen LogP contribution in [0.15, 0.2) is 30.1 Å². The van der Waals surface area contributed by atoms with Gasteiger partial charge in [-0.25, -0.2) is 0 Å². The summed E-state index contributed by atoms with van der Waals surface area (Å²) in [4.78, 5) is 36.8. The molecular weight excluding hydrogens is 368 g/mol. The summed E-state index contributed by atoms with van der Waals surface area (Å²) < 4.78 is 0. The van der Waals surface area contributed by atoms with E-state index in [0.29, 0.717) is 17.7 Å². The summed E-state index contributed by atoms with van der Waals surface area (Å²) in [5.74, 6) is -1.37.